The standard InChI is InChI=1S/C15H11N5O3/c16-15(21)14-13(17-19-18-14)12-7-2-1-6-11(12)9-4-3-5-10(8-9)20(22)23/h1-8H,(H2,16,21)(H,17,18,19). The molecule has 0 aliphatic heterocycles. The lowest BCUT2D eigenvalue weighted by molar-refractivity contribution is -0.384. The van der Waals surface area contributed by atoms with Crippen molar-refractivity contribution in [2.24, 2.45) is 5.73 Å². The van der Waals surface area contributed by atoms with Crippen LogP contribution in [0.1, 0.15) is 10.5 Å². The molecule has 8 heteroatoms. The Morgan fingerprint density at radius 1 is 1.09 bits per heavy atom. The third-order valence-corrected chi connectivity index (χ3v) is 3.33. The van der Waals surface area contributed by atoms with E-state index in [2.05, 4.69) is 15.4 Å². The normalized spacial score (nSPS) is 10.4. The Kier molecular flexibility index (Phi) is 3.55. The molecule has 0 spiro atoms. The molecule has 0 aliphatic rings. The molecule has 1 amide bonds. The van der Waals surface area contributed by atoms with Crippen LogP contribution in [-0.2, 0) is 0 Å². The van der Waals surface area contributed by atoms with Gasteiger partial charge in [-0.3, -0.25) is 14.9 Å². The average Bonchev–Trinajstić information content (AvgIpc) is 3.04. The SMILES string of the molecule is NC(=O)c1n[nH]nc1-c1ccccc1-c1cccc([N+](=O)[O-])c1. The number of primary amides is 1. The number of nitro groups is 1. The molecular weight excluding hydrogens is 298 g/mol. The number of non-ortho nitro benzene ring substituents is 1. The second kappa shape index (κ2) is 5.68. The Morgan fingerprint density at radius 3 is 2.52 bits per heavy atom. The number of hydrogen-bond donors (Lipinski definition) is 2. The molecule has 2 aromatic carbocycles. The maximum absolute atomic E-state index is 11.5. The third-order valence-electron chi connectivity index (χ3n) is 3.33. The highest BCUT2D eigenvalue weighted by Gasteiger charge is 2.19. The van der Waals surface area contributed by atoms with E-state index < -0.39 is 10.8 Å². The summed E-state index contributed by atoms with van der Waals surface area (Å²) in [6.45, 7) is 0. The summed E-state index contributed by atoms with van der Waals surface area (Å²) < 4.78 is 0. The molecule has 0 fully saturated rings. The molecule has 0 saturated carbocycles. The molecule has 0 aliphatic carbocycles. The number of benzene rings is 2. The van der Waals surface area contributed by atoms with E-state index in [9.17, 15) is 14.9 Å². The van der Waals surface area contributed by atoms with Gasteiger partial charge < -0.3 is 5.73 Å². The Hall–Kier alpha value is -3.55. The van der Waals surface area contributed by atoms with Crippen molar-refractivity contribution in [3.63, 3.8) is 0 Å². The van der Waals surface area contributed by atoms with Crippen molar-refractivity contribution in [1.82, 2.24) is 15.4 Å². The van der Waals surface area contributed by atoms with Gasteiger partial charge >= 0.3 is 0 Å². The Balaban J connectivity index is 2.19. The van der Waals surface area contributed by atoms with Crippen LogP contribution in [0.25, 0.3) is 22.4 Å². The first-order chi connectivity index (χ1) is 11.1. The number of aromatic amines is 1. The van der Waals surface area contributed by atoms with Gasteiger partial charge in [-0.05, 0) is 11.1 Å². The summed E-state index contributed by atoms with van der Waals surface area (Å²) in [5.74, 6) is -0.706. The summed E-state index contributed by atoms with van der Waals surface area (Å²) in [6, 6.07) is 13.3. The fourth-order valence-electron chi connectivity index (χ4n) is 2.32. The molecule has 23 heavy (non-hydrogen) atoms. The third kappa shape index (κ3) is 2.64. The van der Waals surface area contributed by atoms with Gasteiger partial charge in [0.05, 0.1) is 4.92 Å². The summed E-state index contributed by atoms with van der Waals surface area (Å²) in [7, 11) is 0. The van der Waals surface area contributed by atoms with Gasteiger partial charge in [0.1, 0.15) is 5.69 Å². The van der Waals surface area contributed by atoms with Gasteiger partial charge in [0.25, 0.3) is 11.6 Å². The first kappa shape index (κ1) is 14.4. The van der Waals surface area contributed by atoms with Crippen molar-refractivity contribution in [3.05, 3.63) is 64.3 Å². The van der Waals surface area contributed by atoms with Crippen LogP contribution in [0.4, 0.5) is 5.69 Å². The second-order valence-electron chi connectivity index (χ2n) is 4.74. The number of aromatic nitrogens is 3. The molecule has 3 aromatic rings. The molecule has 114 valence electrons. The zero-order valence-electron chi connectivity index (χ0n) is 11.8. The smallest absolute Gasteiger partial charge is 0.271 e. The molecule has 3 rings (SSSR count). The van der Waals surface area contributed by atoms with Crippen molar-refractivity contribution in [2.45, 2.75) is 0 Å². The molecule has 1 aromatic heterocycles. The molecule has 0 radical (unpaired) electrons. The lowest BCUT2D eigenvalue weighted by Gasteiger charge is -2.08. The Labute approximate surface area is 130 Å². The zero-order chi connectivity index (χ0) is 16.4. The quantitative estimate of drug-likeness (QED) is 0.563. The highest BCUT2D eigenvalue weighted by molar-refractivity contribution is 5.98. The number of nitrogens with zero attached hydrogens (tertiary/aromatic N) is 3. The minimum atomic E-state index is -0.706. The van der Waals surface area contributed by atoms with Gasteiger partial charge in [0.15, 0.2) is 5.69 Å². The predicted molar refractivity (Wildman–Crippen MR) is 82.4 cm³/mol. The van der Waals surface area contributed by atoms with Crippen LogP contribution in [0.2, 0.25) is 0 Å². The molecule has 3 N–H and O–H groups in total. The highest BCUT2D eigenvalue weighted by Crippen LogP contribution is 2.33. The molecule has 0 saturated heterocycles. The van der Waals surface area contributed by atoms with Crippen LogP contribution < -0.4 is 5.73 Å². The minimum Gasteiger partial charge on any atom is -0.364 e. The second-order valence-corrected chi connectivity index (χ2v) is 4.74. The summed E-state index contributed by atoms with van der Waals surface area (Å²) >= 11 is 0. The van der Waals surface area contributed by atoms with Gasteiger partial charge in [-0.1, -0.05) is 36.4 Å². The first-order valence-electron chi connectivity index (χ1n) is 6.62. The lowest BCUT2D eigenvalue weighted by Crippen LogP contribution is -2.12. The summed E-state index contributed by atoms with van der Waals surface area (Å²) in [6.07, 6.45) is 0. The van der Waals surface area contributed by atoms with Crippen LogP contribution in [0.5, 0.6) is 0 Å². The van der Waals surface area contributed by atoms with Crippen molar-refractivity contribution >= 4 is 11.6 Å². The number of carbonyl (C=O) groups is 1. The van der Waals surface area contributed by atoms with Gasteiger partial charge in [-0.15, -0.1) is 0 Å². The van der Waals surface area contributed by atoms with E-state index in [1.54, 1.807) is 36.4 Å². The van der Waals surface area contributed by atoms with E-state index in [0.29, 0.717) is 22.4 Å². The fraction of sp³-hybridized carbons (Fsp3) is 0. The lowest BCUT2D eigenvalue weighted by atomic mass is 9.96. The van der Waals surface area contributed by atoms with Crippen LogP contribution in [0.3, 0.4) is 0 Å². The maximum atomic E-state index is 11.5. The van der Waals surface area contributed by atoms with Crippen LogP contribution >= 0.6 is 0 Å². The minimum absolute atomic E-state index is 0.0166. The van der Waals surface area contributed by atoms with Crippen LogP contribution in [-0.4, -0.2) is 26.2 Å². The number of carbonyl (C=O) groups excluding carboxylic acids is 1. The number of hydrogen-bond acceptors (Lipinski definition) is 5. The molecular formula is C15H11N5O3. The average molecular weight is 309 g/mol. The molecule has 1 heterocycles. The van der Waals surface area contributed by atoms with E-state index in [0.717, 1.165) is 0 Å². The zero-order valence-corrected chi connectivity index (χ0v) is 11.8. The number of nitrogens with two attached hydrogens (primary N) is 1. The molecule has 0 atom stereocenters. The van der Waals surface area contributed by atoms with Crippen LogP contribution in [0.15, 0.2) is 48.5 Å². The van der Waals surface area contributed by atoms with E-state index in [4.69, 9.17) is 5.73 Å². The number of rotatable bonds is 4. The predicted octanol–water partition coefficient (Wildman–Crippen LogP) is 2.15. The first-order valence-corrected chi connectivity index (χ1v) is 6.62. The molecule has 0 unspecified atom stereocenters. The van der Waals surface area contributed by atoms with E-state index >= 15 is 0 Å². The number of nitrogens with one attached hydrogen (secondary N) is 1. The number of amides is 1. The van der Waals surface area contributed by atoms with Gasteiger partial charge in [0, 0.05) is 17.7 Å². The van der Waals surface area contributed by atoms with Crippen molar-refractivity contribution in [1.29, 1.82) is 0 Å². The van der Waals surface area contributed by atoms with E-state index in [1.165, 1.54) is 12.1 Å². The van der Waals surface area contributed by atoms with Gasteiger partial charge in [0.2, 0.25) is 0 Å². The van der Waals surface area contributed by atoms with Gasteiger partial charge in [-0.25, -0.2) is 0 Å². The summed E-state index contributed by atoms with van der Waals surface area (Å²) in [5, 5.41) is 21.1. The van der Waals surface area contributed by atoms with Crippen molar-refractivity contribution in [2.75, 3.05) is 0 Å². The monoisotopic (exact) mass is 309 g/mol. The fourth-order valence-corrected chi connectivity index (χ4v) is 2.32. The maximum Gasteiger partial charge on any atom is 0.271 e. The summed E-state index contributed by atoms with van der Waals surface area (Å²) in [5.41, 5.74) is 7.53. The largest absolute Gasteiger partial charge is 0.364 e. The Bertz CT molecular complexity index is 903. The topological polar surface area (TPSA) is 128 Å². The van der Waals surface area contributed by atoms with Crippen LogP contribution in [0, 0.1) is 10.1 Å². The number of H-pyrrole nitrogens is 1. The number of nitro benzene ring substituents is 1. The summed E-state index contributed by atoms with van der Waals surface area (Å²) in [4.78, 5) is 22.0. The van der Waals surface area contributed by atoms with E-state index in [1.807, 2.05) is 0 Å². The van der Waals surface area contributed by atoms with Crippen molar-refractivity contribution < 1.29 is 9.72 Å². The van der Waals surface area contributed by atoms with Gasteiger partial charge in [-0.2, -0.15) is 15.4 Å². The van der Waals surface area contributed by atoms with E-state index in [-0.39, 0.29) is 11.4 Å². The highest BCUT2D eigenvalue weighted by atomic mass is 16.6. The molecule has 0 bridgehead atoms. The Morgan fingerprint density at radius 2 is 1.83 bits per heavy atom. The van der Waals surface area contributed by atoms with Crippen molar-refractivity contribution in [3.8, 4) is 22.4 Å². The molecule has 8 nitrogen and oxygen atoms in total.